The van der Waals surface area contributed by atoms with E-state index in [0.29, 0.717) is 101 Å². The standard InChI is InChI=1S/C17H30N2O4.2C16H28N2O4.C15H26N2O4/c1-3-22-7-8-23-14-5-4-6-19(11-14)16-10-13(17(20)21)9-15(18)12(16)2;2*1-11-14(17)8-12(16(19)20)9-15(11)18-5-3-4-13(10-18)22-7-6-21-2;1-10-13(16)7-11(15(19)20)8-14(10)17-4-2-3-12(9-17)21-6-5-18/h10,12,14-16H,3-9,11,18H2,1-2H3,(H,20,21);2*9,11,13-15H,3-8,10,17H2,1-2H3,(H,19,20);8,10,12-14,18H,2-7,9,16H2,1H3,(H,19,20)/t12-,14+,15+,16-;11-,13+,14+,15-;11-,13-,14+,15-;10-,12+,13+,14-/m1111/s1. The van der Waals surface area contributed by atoms with Crippen molar-refractivity contribution in [1.29, 1.82) is 0 Å². The summed E-state index contributed by atoms with van der Waals surface area (Å²) in [5.41, 5.74) is 26.4. The molecule has 4 aliphatic heterocycles. The number of nitrogens with zero attached hydrogens (tertiary/aromatic N) is 4. The number of hydrogen-bond donors (Lipinski definition) is 9. The molecule has 504 valence electrons. The molecule has 24 nitrogen and oxygen atoms in total. The molecule has 0 saturated carbocycles. The van der Waals surface area contributed by atoms with Gasteiger partial charge in [-0.05, 0) is 134 Å². The molecule has 24 heteroatoms. The summed E-state index contributed by atoms with van der Waals surface area (Å²) in [5.74, 6) is -2.44. The molecule has 0 unspecified atom stereocenters. The number of ether oxygens (including phenoxy) is 7. The summed E-state index contributed by atoms with van der Waals surface area (Å²) in [6.07, 6.45) is 18.4. The minimum absolute atomic E-state index is 0.0320. The molecule has 0 aromatic heterocycles. The number of nitrogens with two attached hydrogens (primary N) is 4. The van der Waals surface area contributed by atoms with Crippen LogP contribution in [-0.2, 0) is 52.3 Å². The van der Waals surface area contributed by atoms with Crippen molar-refractivity contribution in [1.82, 2.24) is 19.6 Å². The van der Waals surface area contributed by atoms with Gasteiger partial charge in [-0.15, -0.1) is 0 Å². The van der Waals surface area contributed by atoms with Gasteiger partial charge >= 0.3 is 23.9 Å². The van der Waals surface area contributed by atoms with Crippen molar-refractivity contribution < 1.29 is 77.9 Å². The third-order valence-corrected chi connectivity index (χ3v) is 19.1. The Morgan fingerprint density at radius 3 is 0.909 bits per heavy atom. The molecule has 4 fully saturated rings. The van der Waals surface area contributed by atoms with Crippen molar-refractivity contribution in [3.8, 4) is 0 Å². The molecule has 8 rings (SSSR count). The van der Waals surface area contributed by atoms with Crippen LogP contribution in [0.3, 0.4) is 0 Å². The number of methoxy groups -OCH3 is 2. The molecular formula is C64H112N8O16. The number of aliphatic carboxylic acids is 4. The molecule has 88 heavy (non-hydrogen) atoms. The Balaban J connectivity index is 0.000000214. The Morgan fingerprint density at radius 2 is 0.682 bits per heavy atom. The Labute approximate surface area is 523 Å². The van der Waals surface area contributed by atoms with Gasteiger partial charge in [0.15, 0.2) is 0 Å². The minimum atomic E-state index is -0.868. The first-order chi connectivity index (χ1) is 42.1. The van der Waals surface area contributed by atoms with Gasteiger partial charge in [0, 0.05) is 118 Å². The first-order valence-corrected chi connectivity index (χ1v) is 32.5. The van der Waals surface area contributed by atoms with Gasteiger partial charge in [-0.25, -0.2) is 19.2 Å². The Kier molecular flexibility index (Phi) is 33.1. The second kappa shape index (κ2) is 38.9. The zero-order chi connectivity index (χ0) is 64.5. The molecule has 8 aliphatic rings. The highest BCUT2D eigenvalue weighted by molar-refractivity contribution is 5.88. The number of aliphatic hydroxyl groups excluding tert-OH is 1. The van der Waals surface area contributed by atoms with Crippen LogP contribution in [0.5, 0.6) is 0 Å². The van der Waals surface area contributed by atoms with E-state index in [4.69, 9.17) is 61.2 Å². The zero-order valence-corrected chi connectivity index (χ0v) is 53.9. The average molecular weight is 1250 g/mol. The molecule has 0 amide bonds. The molecule has 0 aromatic carbocycles. The van der Waals surface area contributed by atoms with Crippen molar-refractivity contribution >= 4 is 23.9 Å². The van der Waals surface area contributed by atoms with Crippen LogP contribution in [0.25, 0.3) is 0 Å². The van der Waals surface area contributed by atoms with E-state index in [0.717, 1.165) is 104 Å². The van der Waals surface area contributed by atoms with Gasteiger partial charge in [0.05, 0.1) is 77.3 Å². The Hall–Kier alpha value is -3.80. The van der Waals surface area contributed by atoms with Crippen LogP contribution in [0.1, 0.15) is 112 Å². The predicted octanol–water partition coefficient (Wildman–Crippen LogP) is 3.18. The maximum absolute atomic E-state index is 11.3. The van der Waals surface area contributed by atoms with E-state index in [-0.39, 0.29) is 103 Å². The summed E-state index contributed by atoms with van der Waals surface area (Å²) in [7, 11) is 3.33. The van der Waals surface area contributed by atoms with Crippen molar-refractivity contribution in [3.05, 3.63) is 46.6 Å². The van der Waals surface area contributed by atoms with Crippen LogP contribution < -0.4 is 22.9 Å². The number of carboxylic acids is 4. The lowest BCUT2D eigenvalue weighted by Gasteiger charge is -2.43. The molecular weight excluding hydrogens is 1140 g/mol. The first kappa shape index (κ1) is 74.9. The van der Waals surface area contributed by atoms with Gasteiger partial charge in [-0.2, -0.15) is 0 Å². The molecule has 4 saturated heterocycles. The number of hydrogen-bond acceptors (Lipinski definition) is 20. The van der Waals surface area contributed by atoms with Crippen LogP contribution in [0.4, 0.5) is 0 Å². The van der Waals surface area contributed by atoms with Crippen molar-refractivity contribution in [2.75, 3.05) is 126 Å². The van der Waals surface area contributed by atoms with E-state index >= 15 is 0 Å². The summed E-state index contributed by atoms with van der Waals surface area (Å²) in [5, 5.41) is 45.9. The molecule has 0 aromatic rings. The van der Waals surface area contributed by atoms with Gasteiger partial charge in [-0.3, -0.25) is 19.6 Å². The van der Waals surface area contributed by atoms with E-state index in [1.807, 2.05) is 31.2 Å². The third kappa shape index (κ3) is 23.4. The van der Waals surface area contributed by atoms with E-state index in [9.17, 15) is 39.6 Å². The topological polar surface area (TPSA) is 351 Å². The zero-order valence-electron chi connectivity index (χ0n) is 53.9. The normalized spacial score (nSPS) is 33.5. The fourth-order valence-electron chi connectivity index (χ4n) is 13.6. The van der Waals surface area contributed by atoms with Gasteiger partial charge < -0.3 is 81.6 Å². The van der Waals surface area contributed by atoms with Crippen LogP contribution >= 0.6 is 0 Å². The van der Waals surface area contributed by atoms with Crippen LogP contribution in [-0.4, -0.2) is 268 Å². The molecule has 16 atom stereocenters. The van der Waals surface area contributed by atoms with Crippen molar-refractivity contribution in [2.24, 2.45) is 46.6 Å². The van der Waals surface area contributed by atoms with E-state index in [2.05, 4.69) is 47.3 Å². The highest BCUT2D eigenvalue weighted by Gasteiger charge is 2.40. The summed E-state index contributed by atoms with van der Waals surface area (Å²) in [6.45, 7) is 22.2. The molecule has 4 aliphatic carbocycles. The van der Waals surface area contributed by atoms with Crippen molar-refractivity contribution in [3.63, 3.8) is 0 Å². The van der Waals surface area contributed by atoms with E-state index in [1.165, 1.54) is 0 Å². The number of piperidine rings is 4. The molecule has 0 bridgehead atoms. The summed E-state index contributed by atoms with van der Waals surface area (Å²) >= 11 is 0. The van der Waals surface area contributed by atoms with E-state index in [1.54, 1.807) is 14.2 Å². The maximum Gasteiger partial charge on any atom is 0.331 e. The summed E-state index contributed by atoms with van der Waals surface area (Å²) in [6, 6.07) is -0.108. The number of carbonyl (C=O) groups is 4. The van der Waals surface area contributed by atoms with Crippen LogP contribution in [0.15, 0.2) is 46.6 Å². The van der Waals surface area contributed by atoms with Crippen molar-refractivity contribution in [2.45, 2.75) is 184 Å². The first-order valence-electron chi connectivity index (χ1n) is 32.5. The quantitative estimate of drug-likeness (QED) is 0.0627. The third-order valence-electron chi connectivity index (χ3n) is 19.1. The molecule has 0 radical (unpaired) electrons. The monoisotopic (exact) mass is 1250 g/mol. The van der Waals surface area contributed by atoms with E-state index < -0.39 is 23.9 Å². The second-order valence-corrected chi connectivity index (χ2v) is 25.3. The highest BCUT2D eigenvalue weighted by atomic mass is 16.5. The van der Waals surface area contributed by atoms with Gasteiger partial charge in [0.2, 0.25) is 0 Å². The SMILES string of the molecule is CCOCCO[C@H]1CCCN([C@@H]2C=C(C(=O)O)C[C@H](N)[C@H]2C)C1.COCCO[C@@H]1CCCN([C@@H]2C=C(C(=O)O)C[C@H](N)[C@H]2C)C1.COCCO[C@H]1CCCN([C@@H]2C=C(C(=O)O)C[C@H](N)[C@H]2C)C1.C[C@H]1[C@H](N2CCC[C@H](OCCO)C2)C=C(C(=O)O)C[C@@H]1N. The largest absolute Gasteiger partial charge is 0.478 e. The lowest BCUT2D eigenvalue weighted by Crippen LogP contribution is -2.52. The van der Waals surface area contributed by atoms with Crippen LogP contribution in [0, 0.1) is 23.7 Å². The predicted molar refractivity (Wildman–Crippen MR) is 335 cm³/mol. The fraction of sp³-hybridized carbons (Fsp3) is 0.812. The highest BCUT2D eigenvalue weighted by Crippen LogP contribution is 2.34. The smallest absolute Gasteiger partial charge is 0.331 e. The number of likely N-dealkylation sites (tertiary alicyclic amines) is 4. The van der Waals surface area contributed by atoms with Gasteiger partial charge in [0.25, 0.3) is 0 Å². The lowest BCUT2D eigenvalue weighted by molar-refractivity contribution is -0.134. The molecule has 0 spiro atoms. The maximum atomic E-state index is 11.3. The second-order valence-electron chi connectivity index (χ2n) is 25.3. The molecule has 13 N–H and O–H groups in total. The number of aliphatic hydroxyl groups is 1. The van der Waals surface area contributed by atoms with Crippen LogP contribution in [0.2, 0.25) is 0 Å². The van der Waals surface area contributed by atoms with Gasteiger partial charge in [0.1, 0.15) is 0 Å². The molecule has 4 heterocycles. The lowest BCUT2D eigenvalue weighted by atomic mass is 9.81. The Bertz CT molecular complexity index is 2180. The average Bonchev–Trinajstić information content (AvgIpc) is 2.59. The van der Waals surface area contributed by atoms with Gasteiger partial charge in [-0.1, -0.05) is 52.0 Å². The Morgan fingerprint density at radius 1 is 0.432 bits per heavy atom. The summed E-state index contributed by atoms with van der Waals surface area (Å²) < 4.78 is 38.6. The number of carboxylic acid groups (broad SMARTS) is 4. The number of rotatable bonds is 24. The fourth-order valence-corrected chi connectivity index (χ4v) is 13.6. The summed E-state index contributed by atoms with van der Waals surface area (Å²) in [4.78, 5) is 54.4. The minimum Gasteiger partial charge on any atom is -0.478 e.